The van der Waals surface area contributed by atoms with Crippen molar-refractivity contribution in [1.82, 2.24) is 5.43 Å². The van der Waals surface area contributed by atoms with Crippen molar-refractivity contribution in [3.8, 4) is 5.75 Å². The quantitative estimate of drug-likeness (QED) is 0.687. The third-order valence-electron chi connectivity index (χ3n) is 2.60. The molecule has 2 aromatic carbocycles. The second-order valence-corrected chi connectivity index (χ2v) is 3.95. The van der Waals surface area contributed by atoms with E-state index >= 15 is 0 Å². The largest absolute Gasteiger partial charge is 0.496 e. The molecule has 1 N–H and O–H groups in total. The molecular formula is C15H13FN2O2. The summed E-state index contributed by atoms with van der Waals surface area (Å²) in [7, 11) is 1.49. The minimum Gasteiger partial charge on any atom is -0.496 e. The number of hydrogen-bond acceptors (Lipinski definition) is 3. The molecule has 0 aliphatic carbocycles. The SMILES string of the molecule is COc1ccccc1C(=O)NN=Cc1ccc(F)cc1. The standard InChI is InChI=1S/C15H13FN2O2/c1-20-14-5-3-2-4-13(14)15(19)18-17-10-11-6-8-12(16)9-7-11/h2-10H,1H3,(H,18,19). The molecule has 1 amide bonds. The molecule has 0 bridgehead atoms. The number of benzene rings is 2. The Labute approximate surface area is 115 Å². The van der Waals surface area contributed by atoms with Gasteiger partial charge in [0.15, 0.2) is 0 Å². The first-order chi connectivity index (χ1) is 9.70. The third-order valence-corrected chi connectivity index (χ3v) is 2.60. The second-order valence-electron chi connectivity index (χ2n) is 3.95. The molecular weight excluding hydrogens is 259 g/mol. The molecule has 0 saturated carbocycles. The monoisotopic (exact) mass is 272 g/mol. The zero-order valence-corrected chi connectivity index (χ0v) is 10.8. The van der Waals surface area contributed by atoms with Crippen LogP contribution in [0, 0.1) is 5.82 Å². The summed E-state index contributed by atoms with van der Waals surface area (Å²) in [5.74, 6) is -0.219. The highest BCUT2D eigenvalue weighted by Crippen LogP contribution is 2.16. The molecule has 0 atom stereocenters. The second kappa shape index (κ2) is 6.47. The van der Waals surface area contributed by atoms with Crippen LogP contribution >= 0.6 is 0 Å². The summed E-state index contributed by atoms with van der Waals surface area (Å²) in [6.07, 6.45) is 1.44. The molecule has 0 aromatic heterocycles. The Balaban J connectivity index is 2.03. The highest BCUT2D eigenvalue weighted by atomic mass is 19.1. The van der Waals surface area contributed by atoms with E-state index in [0.29, 0.717) is 16.9 Å². The summed E-state index contributed by atoms with van der Waals surface area (Å²) in [4.78, 5) is 11.9. The van der Waals surface area contributed by atoms with Crippen LogP contribution in [0.25, 0.3) is 0 Å². The van der Waals surface area contributed by atoms with E-state index in [1.165, 1.54) is 25.5 Å². The molecule has 4 nitrogen and oxygen atoms in total. The number of amides is 1. The van der Waals surface area contributed by atoms with Gasteiger partial charge in [0.05, 0.1) is 18.9 Å². The molecule has 2 rings (SSSR count). The number of hydrazone groups is 1. The van der Waals surface area contributed by atoms with Gasteiger partial charge < -0.3 is 4.74 Å². The van der Waals surface area contributed by atoms with Gasteiger partial charge in [-0.25, -0.2) is 9.82 Å². The summed E-state index contributed by atoms with van der Waals surface area (Å²) < 4.78 is 17.8. The van der Waals surface area contributed by atoms with Crippen molar-refractivity contribution >= 4 is 12.1 Å². The summed E-state index contributed by atoms with van der Waals surface area (Å²) in [6, 6.07) is 12.6. The molecule has 0 radical (unpaired) electrons. The minimum absolute atomic E-state index is 0.319. The fraction of sp³-hybridized carbons (Fsp3) is 0.0667. The van der Waals surface area contributed by atoms with Crippen molar-refractivity contribution in [2.45, 2.75) is 0 Å². The minimum atomic E-state index is -0.374. The summed E-state index contributed by atoms with van der Waals surface area (Å²) in [5.41, 5.74) is 3.47. The molecule has 0 fully saturated rings. The summed E-state index contributed by atoms with van der Waals surface area (Å²) >= 11 is 0. The number of nitrogens with zero attached hydrogens (tertiary/aromatic N) is 1. The van der Waals surface area contributed by atoms with E-state index < -0.39 is 0 Å². The van der Waals surface area contributed by atoms with Gasteiger partial charge in [-0.05, 0) is 29.8 Å². The first kappa shape index (κ1) is 13.7. The Bertz CT molecular complexity index is 624. The van der Waals surface area contributed by atoms with Crippen molar-refractivity contribution in [3.05, 3.63) is 65.5 Å². The van der Waals surface area contributed by atoms with E-state index in [4.69, 9.17) is 4.74 Å². The van der Waals surface area contributed by atoms with Gasteiger partial charge in [-0.3, -0.25) is 4.79 Å². The van der Waals surface area contributed by atoms with Crippen molar-refractivity contribution in [2.24, 2.45) is 5.10 Å². The third kappa shape index (κ3) is 3.41. The van der Waals surface area contributed by atoms with E-state index in [0.717, 1.165) is 0 Å². The van der Waals surface area contributed by atoms with Crippen LogP contribution in [-0.2, 0) is 0 Å². The van der Waals surface area contributed by atoms with Crippen LogP contribution in [0.3, 0.4) is 0 Å². The van der Waals surface area contributed by atoms with Crippen LogP contribution in [0.1, 0.15) is 15.9 Å². The maximum Gasteiger partial charge on any atom is 0.275 e. The number of hydrogen-bond donors (Lipinski definition) is 1. The van der Waals surface area contributed by atoms with Crippen molar-refractivity contribution < 1.29 is 13.9 Å². The number of carbonyl (C=O) groups is 1. The van der Waals surface area contributed by atoms with E-state index in [1.807, 2.05) is 0 Å². The molecule has 0 aliphatic rings. The number of ether oxygens (including phenoxy) is 1. The van der Waals surface area contributed by atoms with E-state index in [1.54, 1.807) is 36.4 Å². The van der Waals surface area contributed by atoms with Gasteiger partial charge in [-0.15, -0.1) is 0 Å². The molecule has 0 aliphatic heterocycles. The molecule has 102 valence electrons. The Hall–Kier alpha value is -2.69. The van der Waals surface area contributed by atoms with Crippen LogP contribution < -0.4 is 10.2 Å². The Kier molecular flexibility index (Phi) is 4.44. The number of para-hydroxylation sites is 1. The number of nitrogens with one attached hydrogen (secondary N) is 1. The predicted molar refractivity (Wildman–Crippen MR) is 74.5 cm³/mol. The molecule has 20 heavy (non-hydrogen) atoms. The molecule has 0 spiro atoms. The molecule has 5 heteroatoms. The number of methoxy groups -OCH3 is 1. The van der Waals surface area contributed by atoms with Crippen LogP contribution in [0.2, 0.25) is 0 Å². The number of halogens is 1. The Morgan fingerprint density at radius 3 is 2.60 bits per heavy atom. The van der Waals surface area contributed by atoms with Gasteiger partial charge >= 0.3 is 0 Å². The van der Waals surface area contributed by atoms with Crippen molar-refractivity contribution in [2.75, 3.05) is 7.11 Å². The normalized spacial score (nSPS) is 10.5. The fourth-order valence-electron chi connectivity index (χ4n) is 1.61. The average molecular weight is 272 g/mol. The summed E-state index contributed by atoms with van der Waals surface area (Å²) in [5, 5.41) is 3.82. The molecule has 0 heterocycles. The average Bonchev–Trinajstić information content (AvgIpc) is 2.49. The van der Waals surface area contributed by atoms with Crippen molar-refractivity contribution in [3.63, 3.8) is 0 Å². The van der Waals surface area contributed by atoms with E-state index in [2.05, 4.69) is 10.5 Å². The van der Waals surface area contributed by atoms with Gasteiger partial charge in [-0.1, -0.05) is 24.3 Å². The van der Waals surface area contributed by atoms with Crippen LogP contribution in [0.5, 0.6) is 5.75 Å². The lowest BCUT2D eigenvalue weighted by molar-refractivity contribution is 0.0952. The smallest absolute Gasteiger partial charge is 0.275 e. The Morgan fingerprint density at radius 2 is 1.90 bits per heavy atom. The van der Waals surface area contributed by atoms with E-state index in [-0.39, 0.29) is 11.7 Å². The zero-order chi connectivity index (χ0) is 14.4. The highest BCUT2D eigenvalue weighted by molar-refractivity contribution is 5.97. The lowest BCUT2D eigenvalue weighted by atomic mass is 10.2. The number of rotatable bonds is 4. The molecule has 0 unspecified atom stereocenters. The Morgan fingerprint density at radius 1 is 1.20 bits per heavy atom. The predicted octanol–water partition coefficient (Wildman–Crippen LogP) is 2.60. The van der Waals surface area contributed by atoms with E-state index in [9.17, 15) is 9.18 Å². The topological polar surface area (TPSA) is 50.7 Å². The van der Waals surface area contributed by atoms with Gasteiger partial charge in [0.1, 0.15) is 11.6 Å². The number of carbonyl (C=O) groups excluding carboxylic acids is 1. The van der Waals surface area contributed by atoms with Crippen molar-refractivity contribution in [1.29, 1.82) is 0 Å². The van der Waals surface area contributed by atoms with Crippen LogP contribution in [0.15, 0.2) is 53.6 Å². The maximum atomic E-state index is 12.7. The zero-order valence-electron chi connectivity index (χ0n) is 10.8. The lowest BCUT2D eigenvalue weighted by Gasteiger charge is -2.05. The van der Waals surface area contributed by atoms with Gasteiger partial charge in [0.25, 0.3) is 5.91 Å². The van der Waals surface area contributed by atoms with Gasteiger partial charge in [0, 0.05) is 0 Å². The first-order valence-electron chi connectivity index (χ1n) is 5.92. The maximum absolute atomic E-state index is 12.7. The lowest BCUT2D eigenvalue weighted by Crippen LogP contribution is -2.18. The van der Waals surface area contributed by atoms with Gasteiger partial charge in [-0.2, -0.15) is 5.10 Å². The summed E-state index contributed by atoms with van der Waals surface area (Å²) in [6.45, 7) is 0. The van der Waals surface area contributed by atoms with Crippen LogP contribution in [-0.4, -0.2) is 19.2 Å². The first-order valence-corrected chi connectivity index (χ1v) is 5.92. The van der Waals surface area contributed by atoms with Gasteiger partial charge in [0.2, 0.25) is 0 Å². The molecule has 2 aromatic rings. The highest BCUT2D eigenvalue weighted by Gasteiger charge is 2.09. The van der Waals surface area contributed by atoms with Crippen LogP contribution in [0.4, 0.5) is 4.39 Å². The molecule has 0 saturated heterocycles. The fourth-order valence-corrected chi connectivity index (χ4v) is 1.61.